The van der Waals surface area contributed by atoms with Crippen molar-refractivity contribution in [3.63, 3.8) is 0 Å². The second kappa shape index (κ2) is 6.38. The molecule has 2 aromatic rings. The number of benzene rings is 1. The average Bonchev–Trinajstić information content (AvgIpc) is 2.91. The Labute approximate surface area is 122 Å². The summed E-state index contributed by atoms with van der Waals surface area (Å²) in [5.41, 5.74) is 10.7. The average molecular weight is 291 g/mol. The lowest BCUT2D eigenvalue weighted by molar-refractivity contribution is 0.0526. The van der Waals surface area contributed by atoms with E-state index in [0.29, 0.717) is 24.4 Å². The van der Waals surface area contributed by atoms with Crippen molar-refractivity contribution in [2.24, 2.45) is 0 Å². The van der Waals surface area contributed by atoms with E-state index in [1.807, 2.05) is 23.4 Å². The predicted molar refractivity (Wildman–Crippen MR) is 81.0 cm³/mol. The number of esters is 1. The number of nitrogen functional groups attached to an aromatic ring is 1. The summed E-state index contributed by atoms with van der Waals surface area (Å²) < 4.78 is 4.95. The van der Waals surface area contributed by atoms with Gasteiger partial charge in [-0.1, -0.05) is 0 Å². The molecule has 1 aromatic carbocycles. The number of anilines is 2. The summed E-state index contributed by atoms with van der Waals surface area (Å²) in [7, 11) is 1.94. The number of aromatic nitrogens is 1. The third-order valence-corrected chi connectivity index (χ3v) is 3.47. The monoisotopic (exact) mass is 291 g/mol. The standard InChI is InChI=1S/C14H17N3O2S/c1-3-19-14(18)10-4-5-13(12(15)6-10)17(2)7-11-8-20-9-16-11/h4-6,8-9H,3,7,15H2,1-2H3. The SMILES string of the molecule is CCOC(=O)c1ccc(N(C)Cc2cscn2)c(N)c1. The Kier molecular flexibility index (Phi) is 4.57. The second-order valence-electron chi connectivity index (χ2n) is 4.33. The maximum absolute atomic E-state index is 11.6. The molecular formula is C14H17N3O2S. The largest absolute Gasteiger partial charge is 0.462 e. The van der Waals surface area contributed by atoms with Gasteiger partial charge in [-0.3, -0.25) is 0 Å². The lowest BCUT2D eigenvalue weighted by Gasteiger charge is -2.20. The molecule has 0 aliphatic heterocycles. The molecular weight excluding hydrogens is 274 g/mol. The van der Waals surface area contributed by atoms with E-state index in [4.69, 9.17) is 10.5 Å². The summed E-state index contributed by atoms with van der Waals surface area (Å²) in [6, 6.07) is 5.19. The molecule has 6 heteroatoms. The number of hydrogen-bond donors (Lipinski definition) is 1. The van der Waals surface area contributed by atoms with E-state index in [1.165, 1.54) is 0 Å². The number of nitrogens with zero attached hydrogens (tertiary/aromatic N) is 2. The van der Waals surface area contributed by atoms with Crippen molar-refractivity contribution in [1.29, 1.82) is 0 Å². The van der Waals surface area contributed by atoms with E-state index in [1.54, 1.807) is 35.9 Å². The summed E-state index contributed by atoms with van der Waals surface area (Å²) in [5.74, 6) is -0.354. The summed E-state index contributed by atoms with van der Waals surface area (Å²) in [4.78, 5) is 17.9. The smallest absolute Gasteiger partial charge is 0.338 e. The van der Waals surface area contributed by atoms with Crippen LogP contribution in [0.25, 0.3) is 0 Å². The summed E-state index contributed by atoms with van der Waals surface area (Å²) in [6.45, 7) is 2.80. The lowest BCUT2D eigenvalue weighted by Crippen LogP contribution is -2.18. The summed E-state index contributed by atoms with van der Waals surface area (Å²) in [5, 5.41) is 2.00. The van der Waals surface area contributed by atoms with Crippen LogP contribution in [0.4, 0.5) is 11.4 Å². The maximum Gasteiger partial charge on any atom is 0.338 e. The quantitative estimate of drug-likeness (QED) is 0.677. The molecule has 0 saturated heterocycles. The lowest BCUT2D eigenvalue weighted by atomic mass is 10.1. The molecule has 1 aromatic heterocycles. The highest BCUT2D eigenvalue weighted by Crippen LogP contribution is 2.25. The van der Waals surface area contributed by atoms with Crippen molar-refractivity contribution in [3.05, 3.63) is 40.3 Å². The topological polar surface area (TPSA) is 68.5 Å². The minimum absolute atomic E-state index is 0.351. The number of thiazole rings is 1. The molecule has 2 rings (SSSR count). The third-order valence-electron chi connectivity index (χ3n) is 2.83. The maximum atomic E-state index is 11.6. The summed E-state index contributed by atoms with van der Waals surface area (Å²) >= 11 is 1.56. The number of rotatable bonds is 5. The molecule has 0 spiro atoms. The zero-order chi connectivity index (χ0) is 14.5. The van der Waals surface area contributed by atoms with E-state index in [2.05, 4.69) is 4.98 Å². The van der Waals surface area contributed by atoms with Gasteiger partial charge in [0.05, 0.1) is 41.3 Å². The Morgan fingerprint density at radius 2 is 2.30 bits per heavy atom. The fraction of sp³-hybridized carbons (Fsp3) is 0.286. The Morgan fingerprint density at radius 3 is 2.90 bits per heavy atom. The Hall–Kier alpha value is -2.08. The molecule has 0 aliphatic carbocycles. The number of carbonyl (C=O) groups excluding carboxylic acids is 1. The minimum atomic E-state index is -0.354. The number of carbonyl (C=O) groups is 1. The molecule has 5 nitrogen and oxygen atoms in total. The second-order valence-corrected chi connectivity index (χ2v) is 5.05. The van der Waals surface area contributed by atoms with Crippen LogP contribution in [0.1, 0.15) is 23.0 Å². The van der Waals surface area contributed by atoms with Crippen LogP contribution in [-0.4, -0.2) is 24.6 Å². The van der Waals surface area contributed by atoms with Gasteiger partial charge in [-0.15, -0.1) is 11.3 Å². The van der Waals surface area contributed by atoms with Crippen LogP contribution in [-0.2, 0) is 11.3 Å². The molecule has 106 valence electrons. The van der Waals surface area contributed by atoms with Crippen molar-refractivity contribution in [1.82, 2.24) is 4.98 Å². The van der Waals surface area contributed by atoms with Gasteiger partial charge >= 0.3 is 5.97 Å². The van der Waals surface area contributed by atoms with Crippen molar-refractivity contribution < 1.29 is 9.53 Å². The molecule has 0 unspecified atom stereocenters. The van der Waals surface area contributed by atoms with Crippen molar-refractivity contribution in [3.8, 4) is 0 Å². The van der Waals surface area contributed by atoms with Gasteiger partial charge in [0.1, 0.15) is 0 Å². The van der Waals surface area contributed by atoms with Crippen molar-refractivity contribution in [2.75, 3.05) is 24.3 Å². The van der Waals surface area contributed by atoms with E-state index in [0.717, 1.165) is 11.4 Å². The Bertz CT molecular complexity index is 584. The first-order valence-electron chi connectivity index (χ1n) is 6.26. The van der Waals surface area contributed by atoms with Gasteiger partial charge in [-0.2, -0.15) is 0 Å². The zero-order valence-corrected chi connectivity index (χ0v) is 12.3. The van der Waals surface area contributed by atoms with Crippen LogP contribution in [0.3, 0.4) is 0 Å². The first-order valence-corrected chi connectivity index (χ1v) is 7.21. The van der Waals surface area contributed by atoms with Crippen LogP contribution in [0.2, 0.25) is 0 Å². The fourth-order valence-electron chi connectivity index (χ4n) is 1.89. The van der Waals surface area contributed by atoms with Crippen molar-refractivity contribution >= 4 is 28.7 Å². The van der Waals surface area contributed by atoms with Gasteiger partial charge in [-0.05, 0) is 25.1 Å². The Morgan fingerprint density at radius 1 is 1.50 bits per heavy atom. The molecule has 0 fully saturated rings. The summed E-state index contributed by atoms with van der Waals surface area (Å²) in [6.07, 6.45) is 0. The van der Waals surface area contributed by atoms with Gasteiger partial charge in [0.25, 0.3) is 0 Å². The number of hydrogen-bond acceptors (Lipinski definition) is 6. The van der Waals surface area contributed by atoms with Gasteiger partial charge in [0.15, 0.2) is 0 Å². The van der Waals surface area contributed by atoms with Crippen LogP contribution < -0.4 is 10.6 Å². The molecule has 1 heterocycles. The van der Waals surface area contributed by atoms with Gasteiger partial charge in [0, 0.05) is 12.4 Å². The third kappa shape index (κ3) is 3.27. The highest BCUT2D eigenvalue weighted by molar-refractivity contribution is 7.07. The highest BCUT2D eigenvalue weighted by atomic mass is 32.1. The molecule has 0 radical (unpaired) electrons. The normalized spacial score (nSPS) is 10.3. The van der Waals surface area contributed by atoms with Crippen LogP contribution in [0.15, 0.2) is 29.1 Å². The first-order chi connectivity index (χ1) is 9.61. The van der Waals surface area contributed by atoms with Crippen LogP contribution >= 0.6 is 11.3 Å². The van der Waals surface area contributed by atoms with Crippen LogP contribution in [0.5, 0.6) is 0 Å². The van der Waals surface area contributed by atoms with E-state index >= 15 is 0 Å². The van der Waals surface area contributed by atoms with Gasteiger partial charge in [-0.25, -0.2) is 9.78 Å². The predicted octanol–water partition coefficient (Wildman–Crippen LogP) is 2.54. The molecule has 2 N–H and O–H groups in total. The molecule has 0 aliphatic rings. The fourth-order valence-corrected chi connectivity index (χ4v) is 2.44. The Balaban J connectivity index is 2.14. The van der Waals surface area contributed by atoms with E-state index < -0.39 is 0 Å². The highest BCUT2D eigenvalue weighted by Gasteiger charge is 2.12. The number of nitrogens with two attached hydrogens (primary N) is 1. The minimum Gasteiger partial charge on any atom is -0.462 e. The molecule has 0 amide bonds. The molecule has 0 saturated carbocycles. The van der Waals surface area contributed by atoms with Crippen LogP contribution in [0, 0.1) is 0 Å². The molecule has 0 atom stereocenters. The van der Waals surface area contributed by atoms with Gasteiger partial charge < -0.3 is 15.4 Å². The number of ether oxygens (including phenoxy) is 1. The van der Waals surface area contributed by atoms with Crippen molar-refractivity contribution in [2.45, 2.75) is 13.5 Å². The van der Waals surface area contributed by atoms with E-state index in [-0.39, 0.29) is 5.97 Å². The molecule has 0 bridgehead atoms. The van der Waals surface area contributed by atoms with Gasteiger partial charge in [0.2, 0.25) is 0 Å². The van der Waals surface area contributed by atoms with E-state index in [9.17, 15) is 4.79 Å². The first kappa shape index (κ1) is 14.3. The molecule has 20 heavy (non-hydrogen) atoms. The zero-order valence-electron chi connectivity index (χ0n) is 11.5.